The number of alkyl halides is 12. The highest BCUT2D eigenvalue weighted by Crippen LogP contribution is 2.45. The minimum atomic E-state index is -3.04. The summed E-state index contributed by atoms with van der Waals surface area (Å²) in [6.07, 6.45) is -8.51. The lowest BCUT2D eigenvalue weighted by Crippen LogP contribution is -2.41. The topological polar surface area (TPSA) is 231 Å². The highest BCUT2D eigenvalue weighted by atomic mass is 19.3. The van der Waals surface area contributed by atoms with E-state index in [0.717, 1.165) is 51.1 Å². The van der Waals surface area contributed by atoms with Crippen LogP contribution >= 0.6 is 0 Å². The van der Waals surface area contributed by atoms with Gasteiger partial charge in [0.05, 0.1) is 0 Å². The Morgan fingerprint density at radius 2 is 0.582 bits per heavy atom. The van der Waals surface area contributed by atoms with Crippen molar-refractivity contribution in [2.75, 3.05) is 41.0 Å². The van der Waals surface area contributed by atoms with E-state index in [2.05, 4.69) is 29.2 Å². The molecule has 91 heavy (non-hydrogen) atoms. The zero-order valence-electron chi connectivity index (χ0n) is 47.0. The predicted octanol–water partition coefficient (Wildman–Crippen LogP) is 8.92. The number of hydrogen-bond acceptors (Lipinski definition) is 15. The molecule has 3 atom stereocenters. The number of carbonyl (C=O) groups is 3. The lowest BCUT2D eigenvalue weighted by atomic mass is 9.82. The molecule has 6 aromatic carbocycles. The third-order valence-electron chi connectivity index (χ3n) is 13.4. The van der Waals surface area contributed by atoms with Gasteiger partial charge in [-0.05, 0) is 106 Å². The molecule has 3 amide bonds. The minimum Gasteiger partial charge on any atom is -0.485 e. The van der Waals surface area contributed by atoms with Crippen LogP contribution in [0.5, 0.6) is 34.5 Å². The van der Waals surface area contributed by atoms with Crippen LogP contribution in [-0.2, 0) is 31.0 Å². The van der Waals surface area contributed by atoms with E-state index in [1.165, 1.54) is 112 Å². The molecule has 0 bridgehead atoms. The van der Waals surface area contributed by atoms with E-state index in [9.17, 15) is 80.2 Å². The van der Waals surface area contributed by atoms with Crippen LogP contribution in [0.3, 0.4) is 0 Å². The lowest BCUT2D eigenvalue weighted by Gasteiger charge is -2.26. The van der Waals surface area contributed by atoms with Crippen molar-refractivity contribution in [1.82, 2.24) is 14.7 Å². The monoisotopic (exact) mass is 1300 g/mol. The number of nitrogens with two attached hydrogens (primary N) is 3. The SMILES string of the molecule is CN1C(=O)C(c2ccc(OC(F)F)cc2)(c2ccc(F)c(OCC(F)F)c2)N=C1N.CN1C(=O)[C@@](c2ccc(OC(F)F)cc2)(c2ccc(F)c(OCC(F)F)c2)N=C1N.CN1C(=O)[C@](c2ccc(OC(F)F)cc2)(c2ccc(F)c(OCC(F)F)c2)N=C1N.[B]. The van der Waals surface area contributed by atoms with Crippen LogP contribution in [-0.4, -0.2) is 139 Å². The zero-order valence-corrected chi connectivity index (χ0v) is 47.0. The number of aliphatic imine (C=N–C) groups is 3. The van der Waals surface area contributed by atoms with Crippen LogP contribution in [0.25, 0.3) is 0 Å². The van der Waals surface area contributed by atoms with Gasteiger partial charge in [0.25, 0.3) is 37.0 Å². The summed E-state index contributed by atoms with van der Waals surface area (Å²) in [5.41, 5.74) is 13.0. The summed E-state index contributed by atoms with van der Waals surface area (Å²) in [7, 11) is 4.11. The fourth-order valence-electron chi connectivity index (χ4n) is 9.16. The van der Waals surface area contributed by atoms with Gasteiger partial charge >= 0.3 is 19.8 Å². The Morgan fingerprint density at radius 3 is 0.758 bits per heavy atom. The number of carbonyl (C=O) groups excluding carboxylic acids is 3. The van der Waals surface area contributed by atoms with Crippen molar-refractivity contribution in [3.8, 4) is 34.5 Å². The Bertz CT molecular complexity index is 3290. The molecule has 6 aromatic rings. The second-order valence-electron chi connectivity index (χ2n) is 18.9. The molecule has 3 heterocycles. The average molecular weight is 1300 g/mol. The Labute approximate surface area is 507 Å². The predicted molar refractivity (Wildman–Crippen MR) is 294 cm³/mol. The standard InChI is InChI=1S/3C19H16F5N3O3.B/c3*1-27-16(28)19(26-18(27)25,10-2-5-12(6-3-10)30-17(23)24)11-4-7-13(20)14(8-11)29-9-15(21)22;/h3*2-8,15,17H,9H2,1H3,(H2,25,26);/t2*19-;;/m10../s1. The molecule has 18 nitrogen and oxygen atoms in total. The van der Waals surface area contributed by atoms with Crippen molar-refractivity contribution in [2.24, 2.45) is 32.2 Å². The van der Waals surface area contributed by atoms with Crippen molar-refractivity contribution in [3.05, 3.63) is 178 Å². The summed E-state index contributed by atoms with van der Waals surface area (Å²) < 4.78 is 219. The Balaban J connectivity index is 0.000000216. The van der Waals surface area contributed by atoms with E-state index in [1.807, 2.05) is 0 Å². The number of rotatable bonds is 21. The molecule has 3 aliphatic rings. The van der Waals surface area contributed by atoms with Gasteiger partial charge in [0, 0.05) is 29.6 Å². The minimum absolute atomic E-state index is 0. The van der Waals surface area contributed by atoms with Gasteiger partial charge in [-0.3, -0.25) is 29.1 Å². The third-order valence-corrected chi connectivity index (χ3v) is 13.4. The summed E-state index contributed by atoms with van der Waals surface area (Å²) in [5.74, 6) is -6.98. The molecule has 3 radical (unpaired) electrons. The van der Waals surface area contributed by atoms with Gasteiger partial charge in [-0.25, -0.2) is 54.5 Å². The molecular weight excluding hydrogens is 1250 g/mol. The summed E-state index contributed by atoms with van der Waals surface area (Å²) in [6.45, 7) is -12.3. The number of ether oxygens (including phenoxy) is 6. The first kappa shape index (κ1) is 70.0. The summed E-state index contributed by atoms with van der Waals surface area (Å²) in [4.78, 5) is 55.2. The summed E-state index contributed by atoms with van der Waals surface area (Å²) in [6, 6.07) is 25.0. The Kier molecular flexibility index (Phi) is 22.4. The molecule has 0 spiro atoms. The number of guanidine groups is 3. The molecule has 0 saturated heterocycles. The first-order chi connectivity index (χ1) is 42.4. The molecule has 34 heteroatoms. The molecule has 0 aliphatic carbocycles. The Morgan fingerprint density at radius 1 is 0.374 bits per heavy atom. The van der Waals surface area contributed by atoms with Crippen molar-refractivity contribution < 1.29 is 109 Å². The molecule has 483 valence electrons. The average Bonchev–Trinajstić information content (AvgIpc) is 1.69. The van der Waals surface area contributed by atoms with Gasteiger partial charge in [0.2, 0.25) is 0 Å². The van der Waals surface area contributed by atoms with E-state index in [1.54, 1.807) is 0 Å². The molecule has 0 fully saturated rings. The lowest BCUT2D eigenvalue weighted by molar-refractivity contribution is -0.130. The maximum atomic E-state index is 14.0. The molecule has 0 saturated carbocycles. The van der Waals surface area contributed by atoms with E-state index in [-0.39, 0.29) is 76.9 Å². The largest absolute Gasteiger partial charge is 0.485 e. The van der Waals surface area contributed by atoms with Crippen LogP contribution in [0.4, 0.5) is 65.9 Å². The molecule has 9 rings (SSSR count). The van der Waals surface area contributed by atoms with Crippen LogP contribution < -0.4 is 45.6 Å². The Hall–Kier alpha value is -10.0. The van der Waals surface area contributed by atoms with Crippen molar-refractivity contribution in [2.45, 2.75) is 55.7 Å². The first-order valence-electron chi connectivity index (χ1n) is 25.6. The van der Waals surface area contributed by atoms with Crippen LogP contribution in [0.1, 0.15) is 33.4 Å². The summed E-state index contributed by atoms with van der Waals surface area (Å²) >= 11 is 0. The fourth-order valence-corrected chi connectivity index (χ4v) is 9.16. The number of benzene rings is 6. The molecule has 0 aromatic heterocycles. The second kappa shape index (κ2) is 29.1. The normalized spacial score (nSPS) is 18.7. The maximum Gasteiger partial charge on any atom is 0.387 e. The smallest absolute Gasteiger partial charge is 0.387 e. The maximum absolute atomic E-state index is 14.0. The number of likely N-dealkylation sites (N-methyl/N-ethyl adjacent to an activating group) is 3. The van der Waals surface area contributed by atoms with Crippen molar-refractivity contribution in [3.63, 3.8) is 0 Å². The highest BCUT2D eigenvalue weighted by Gasteiger charge is 2.52. The number of halogens is 15. The second-order valence-corrected chi connectivity index (χ2v) is 18.9. The van der Waals surface area contributed by atoms with Gasteiger partial charge in [-0.2, -0.15) is 26.3 Å². The first-order valence-corrected chi connectivity index (χ1v) is 25.6. The van der Waals surface area contributed by atoms with E-state index in [4.69, 9.17) is 31.4 Å². The van der Waals surface area contributed by atoms with Crippen molar-refractivity contribution >= 4 is 44.0 Å². The fraction of sp³-hybridized carbons (Fsp3) is 0.263. The quantitative estimate of drug-likeness (QED) is 0.0453. The highest BCUT2D eigenvalue weighted by molar-refractivity contribution is 6.10. The number of amides is 3. The number of nitrogens with zero attached hydrogens (tertiary/aromatic N) is 6. The van der Waals surface area contributed by atoms with Gasteiger partial charge in [-0.1, -0.05) is 54.6 Å². The number of hydrogen-bond donors (Lipinski definition) is 3. The van der Waals surface area contributed by atoms with Crippen molar-refractivity contribution in [1.29, 1.82) is 0 Å². The van der Waals surface area contributed by atoms with Crippen LogP contribution in [0.15, 0.2) is 142 Å². The van der Waals surface area contributed by atoms with E-state index >= 15 is 0 Å². The third kappa shape index (κ3) is 15.2. The molecular formula is C57H48BF15N9O9. The van der Waals surface area contributed by atoms with Crippen LogP contribution in [0.2, 0.25) is 0 Å². The van der Waals surface area contributed by atoms with E-state index < -0.39 is 128 Å². The van der Waals surface area contributed by atoms with Gasteiger partial charge in [0.15, 0.2) is 69.2 Å². The zero-order chi connectivity index (χ0) is 66.2. The van der Waals surface area contributed by atoms with Gasteiger partial charge in [-0.15, -0.1) is 0 Å². The molecule has 3 aliphatic heterocycles. The van der Waals surface area contributed by atoms with E-state index in [0.29, 0.717) is 0 Å². The van der Waals surface area contributed by atoms with Gasteiger partial charge < -0.3 is 45.6 Å². The molecule has 6 N–H and O–H groups in total. The molecule has 1 unspecified atom stereocenters. The van der Waals surface area contributed by atoms with Gasteiger partial charge in [0.1, 0.15) is 37.1 Å². The van der Waals surface area contributed by atoms with Crippen LogP contribution in [0, 0.1) is 17.5 Å². The summed E-state index contributed by atoms with van der Waals surface area (Å²) in [5, 5.41) is 0.